The van der Waals surface area contributed by atoms with E-state index in [-0.39, 0.29) is 5.37 Å². The molecule has 0 spiro atoms. The molecule has 108 valence electrons. The molecule has 0 fully saturated rings. The molecule has 21 heavy (non-hydrogen) atoms. The molecule has 2 aromatic rings. The maximum absolute atomic E-state index is 4.48. The highest BCUT2D eigenvalue weighted by atomic mass is 32.2. The van der Waals surface area contributed by atoms with Crippen molar-refractivity contribution in [2.45, 2.75) is 32.1 Å². The fraction of sp³-hybridized carbons (Fsp3) is 0.278. The summed E-state index contributed by atoms with van der Waals surface area (Å²) < 4.78 is 0. The number of hydrogen-bond acceptors (Lipinski definition) is 3. The molecule has 2 nitrogen and oxygen atoms in total. The second-order valence-electron chi connectivity index (χ2n) is 5.73. The first-order valence-corrected chi connectivity index (χ1v) is 8.18. The van der Waals surface area contributed by atoms with Gasteiger partial charge in [-0.2, -0.15) is 5.10 Å². The Bertz CT molecular complexity index is 642. The third-order valence-electron chi connectivity index (χ3n) is 3.72. The number of nitrogens with zero attached hydrogens (tertiary/aromatic N) is 1. The first-order chi connectivity index (χ1) is 10.1. The minimum Gasteiger partial charge on any atom is -0.291 e. The Morgan fingerprint density at radius 3 is 2.29 bits per heavy atom. The fourth-order valence-corrected chi connectivity index (χ4v) is 3.31. The average Bonchev–Trinajstić information content (AvgIpc) is 2.98. The van der Waals surface area contributed by atoms with E-state index in [9.17, 15) is 0 Å². The molecule has 0 saturated heterocycles. The van der Waals surface area contributed by atoms with Crippen molar-refractivity contribution in [2.24, 2.45) is 5.10 Å². The molecule has 0 amide bonds. The number of rotatable bonds is 3. The first kappa shape index (κ1) is 14.2. The van der Waals surface area contributed by atoms with Crippen LogP contribution >= 0.6 is 11.8 Å². The molecule has 0 aliphatic carbocycles. The van der Waals surface area contributed by atoms with Gasteiger partial charge in [0.1, 0.15) is 10.4 Å². The molecule has 0 saturated carbocycles. The number of nitrogens with one attached hydrogen (secondary N) is 1. The van der Waals surface area contributed by atoms with Crippen LogP contribution in [0, 0.1) is 6.92 Å². The van der Waals surface area contributed by atoms with Gasteiger partial charge in [0.2, 0.25) is 0 Å². The van der Waals surface area contributed by atoms with Crippen LogP contribution in [0.15, 0.2) is 53.6 Å². The summed E-state index contributed by atoms with van der Waals surface area (Å²) in [6.45, 7) is 6.54. The van der Waals surface area contributed by atoms with E-state index in [0.717, 1.165) is 5.04 Å². The molecule has 0 radical (unpaired) electrons. The van der Waals surface area contributed by atoms with Gasteiger partial charge in [0.15, 0.2) is 0 Å². The number of benzene rings is 2. The van der Waals surface area contributed by atoms with Crippen molar-refractivity contribution in [1.29, 1.82) is 0 Å². The molecule has 1 N–H and O–H groups in total. The summed E-state index contributed by atoms with van der Waals surface area (Å²) in [7, 11) is 0. The van der Waals surface area contributed by atoms with Crippen LogP contribution in [0.3, 0.4) is 0 Å². The van der Waals surface area contributed by atoms with Crippen LogP contribution in [0.1, 0.15) is 47.4 Å². The molecule has 0 bridgehead atoms. The van der Waals surface area contributed by atoms with Crippen molar-refractivity contribution in [2.75, 3.05) is 0 Å². The minimum atomic E-state index is 0.211. The van der Waals surface area contributed by atoms with Gasteiger partial charge in [0.05, 0.1) is 0 Å². The van der Waals surface area contributed by atoms with Crippen LogP contribution in [0.25, 0.3) is 0 Å². The third-order valence-corrected chi connectivity index (χ3v) is 4.88. The minimum absolute atomic E-state index is 0.211. The van der Waals surface area contributed by atoms with Gasteiger partial charge in [-0.05, 0) is 24.0 Å². The summed E-state index contributed by atoms with van der Waals surface area (Å²) in [4.78, 5) is 0. The zero-order valence-electron chi connectivity index (χ0n) is 12.6. The van der Waals surface area contributed by atoms with Gasteiger partial charge in [-0.1, -0.05) is 79.7 Å². The average molecular weight is 296 g/mol. The molecule has 1 atom stereocenters. The van der Waals surface area contributed by atoms with Gasteiger partial charge in [-0.25, -0.2) is 0 Å². The molecule has 1 unspecified atom stereocenters. The topological polar surface area (TPSA) is 24.4 Å². The molecule has 1 heterocycles. The van der Waals surface area contributed by atoms with Crippen LogP contribution in [0.5, 0.6) is 0 Å². The predicted molar refractivity (Wildman–Crippen MR) is 91.7 cm³/mol. The van der Waals surface area contributed by atoms with Crippen LogP contribution in [-0.2, 0) is 0 Å². The lowest BCUT2D eigenvalue weighted by Crippen LogP contribution is -2.06. The van der Waals surface area contributed by atoms with Crippen molar-refractivity contribution in [1.82, 2.24) is 5.43 Å². The highest BCUT2D eigenvalue weighted by Gasteiger charge is 2.21. The Morgan fingerprint density at radius 1 is 1.00 bits per heavy atom. The van der Waals surface area contributed by atoms with Crippen molar-refractivity contribution in [3.8, 4) is 0 Å². The Balaban J connectivity index is 1.72. The van der Waals surface area contributed by atoms with E-state index >= 15 is 0 Å². The molecule has 2 aromatic carbocycles. The van der Waals surface area contributed by atoms with E-state index in [0.29, 0.717) is 5.92 Å². The summed E-state index contributed by atoms with van der Waals surface area (Å²) in [6.07, 6.45) is 0. The van der Waals surface area contributed by atoms with Gasteiger partial charge >= 0.3 is 0 Å². The van der Waals surface area contributed by atoms with Crippen molar-refractivity contribution >= 4 is 16.8 Å². The van der Waals surface area contributed by atoms with Gasteiger partial charge in [0.25, 0.3) is 0 Å². The van der Waals surface area contributed by atoms with Crippen molar-refractivity contribution in [3.05, 3.63) is 70.8 Å². The standard InChI is InChI=1S/C18H20N2S/c1-12(2)14-8-10-16(11-9-14)18-20-19-17(21-18)15-6-4-13(3)5-7-15/h4-12,18,20H,1-3H3. The smallest absolute Gasteiger partial charge is 0.126 e. The maximum atomic E-state index is 4.48. The summed E-state index contributed by atoms with van der Waals surface area (Å²) in [5.74, 6) is 0.572. The van der Waals surface area contributed by atoms with E-state index < -0.39 is 0 Å². The van der Waals surface area contributed by atoms with Gasteiger partial charge in [-0.3, -0.25) is 5.43 Å². The van der Waals surface area contributed by atoms with Gasteiger partial charge in [0, 0.05) is 5.56 Å². The Kier molecular flexibility index (Phi) is 4.02. The van der Waals surface area contributed by atoms with E-state index in [2.05, 4.69) is 79.8 Å². The SMILES string of the molecule is Cc1ccc(C2=NNC(c3ccc(C(C)C)cc3)S2)cc1. The summed E-state index contributed by atoms with van der Waals surface area (Å²) in [5.41, 5.74) is 8.34. The van der Waals surface area contributed by atoms with Crippen LogP contribution in [0.4, 0.5) is 0 Å². The quantitative estimate of drug-likeness (QED) is 0.878. The number of thioether (sulfide) groups is 1. The largest absolute Gasteiger partial charge is 0.291 e. The molecule has 3 heteroatoms. The van der Waals surface area contributed by atoms with Crippen LogP contribution in [0.2, 0.25) is 0 Å². The Morgan fingerprint density at radius 2 is 1.67 bits per heavy atom. The Hall–Kier alpha value is -1.74. The van der Waals surface area contributed by atoms with Gasteiger partial charge < -0.3 is 0 Å². The fourth-order valence-electron chi connectivity index (χ4n) is 2.31. The van der Waals surface area contributed by atoms with Crippen molar-refractivity contribution in [3.63, 3.8) is 0 Å². The molecule has 1 aliphatic heterocycles. The molecular weight excluding hydrogens is 276 g/mol. The number of hydrogen-bond donors (Lipinski definition) is 1. The maximum Gasteiger partial charge on any atom is 0.126 e. The lowest BCUT2D eigenvalue weighted by atomic mass is 10.0. The zero-order chi connectivity index (χ0) is 14.8. The molecule has 3 rings (SSSR count). The van der Waals surface area contributed by atoms with Crippen molar-refractivity contribution < 1.29 is 0 Å². The van der Waals surface area contributed by atoms with Crippen LogP contribution in [-0.4, -0.2) is 5.04 Å². The highest BCUT2D eigenvalue weighted by molar-refractivity contribution is 8.14. The second-order valence-corrected chi connectivity index (χ2v) is 6.83. The van der Waals surface area contributed by atoms with E-state index in [1.165, 1.54) is 22.3 Å². The second kappa shape index (κ2) is 5.94. The normalized spacial score (nSPS) is 17.7. The first-order valence-electron chi connectivity index (χ1n) is 7.30. The highest BCUT2D eigenvalue weighted by Crippen LogP contribution is 2.34. The van der Waals surface area contributed by atoms with E-state index in [1.807, 2.05) is 0 Å². The molecule has 1 aliphatic rings. The molecule has 0 aromatic heterocycles. The summed E-state index contributed by atoms with van der Waals surface area (Å²) in [6, 6.07) is 17.4. The summed E-state index contributed by atoms with van der Waals surface area (Å²) in [5, 5.41) is 5.75. The predicted octanol–water partition coefficient (Wildman–Crippen LogP) is 4.82. The lowest BCUT2D eigenvalue weighted by Gasteiger charge is -2.11. The van der Waals surface area contributed by atoms with Gasteiger partial charge in [-0.15, -0.1) is 0 Å². The third kappa shape index (κ3) is 3.13. The van der Waals surface area contributed by atoms with Crippen LogP contribution < -0.4 is 5.43 Å². The Labute approximate surface area is 130 Å². The number of hydrazone groups is 1. The zero-order valence-corrected chi connectivity index (χ0v) is 13.4. The lowest BCUT2D eigenvalue weighted by molar-refractivity contribution is 0.742. The monoisotopic (exact) mass is 296 g/mol. The summed E-state index contributed by atoms with van der Waals surface area (Å²) >= 11 is 1.78. The molecular formula is C18H20N2S. The van der Waals surface area contributed by atoms with E-state index in [1.54, 1.807) is 11.8 Å². The number of aryl methyl sites for hydroxylation is 1. The van der Waals surface area contributed by atoms with E-state index in [4.69, 9.17) is 0 Å².